The Morgan fingerprint density at radius 2 is 2.00 bits per heavy atom. The number of anilines is 1. The minimum absolute atomic E-state index is 0.702. The third-order valence-electron chi connectivity index (χ3n) is 2.39. The van der Waals surface area contributed by atoms with Gasteiger partial charge in [-0.05, 0) is 54.1 Å². The van der Waals surface area contributed by atoms with Crippen LogP contribution in [0.2, 0.25) is 5.02 Å². The van der Waals surface area contributed by atoms with Gasteiger partial charge in [0.15, 0.2) is 0 Å². The zero-order valence-electron chi connectivity index (χ0n) is 8.44. The van der Waals surface area contributed by atoms with Crippen LogP contribution in [0.25, 0.3) is 10.9 Å². The standard InChI is InChI=1S/C11H10ClIN2/c1-5-3-7(12)4-8-10(14)9(13)6(2)15-11(5)8/h3-4H,1-2H3,(H2,14,15). The average molecular weight is 333 g/mol. The van der Waals surface area contributed by atoms with Crippen molar-refractivity contribution in [2.45, 2.75) is 13.8 Å². The molecule has 2 nitrogen and oxygen atoms in total. The van der Waals surface area contributed by atoms with Crippen molar-refractivity contribution in [3.8, 4) is 0 Å². The smallest absolute Gasteiger partial charge is 0.0756 e. The highest BCUT2D eigenvalue weighted by atomic mass is 127. The number of aryl methyl sites for hydroxylation is 2. The van der Waals surface area contributed by atoms with E-state index in [-0.39, 0.29) is 0 Å². The highest BCUT2D eigenvalue weighted by Crippen LogP contribution is 2.30. The van der Waals surface area contributed by atoms with Crippen molar-refractivity contribution >= 4 is 50.8 Å². The lowest BCUT2D eigenvalue weighted by Gasteiger charge is -2.09. The summed E-state index contributed by atoms with van der Waals surface area (Å²) >= 11 is 8.21. The molecule has 0 fully saturated rings. The number of nitrogens with two attached hydrogens (primary N) is 1. The number of fused-ring (bicyclic) bond motifs is 1. The van der Waals surface area contributed by atoms with Gasteiger partial charge < -0.3 is 5.73 Å². The van der Waals surface area contributed by atoms with Crippen LogP contribution in [0.1, 0.15) is 11.3 Å². The molecule has 0 aliphatic heterocycles. The summed E-state index contributed by atoms with van der Waals surface area (Å²) in [6.07, 6.45) is 0. The molecule has 2 aromatic rings. The topological polar surface area (TPSA) is 38.9 Å². The second kappa shape index (κ2) is 3.79. The van der Waals surface area contributed by atoms with E-state index in [1.54, 1.807) is 0 Å². The van der Waals surface area contributed by atoms with E-state index in [1.165, 1.54) is 0 Å². The van der Waals surface area contributed by atoms with Gasteiger partial charge in [-0.25, -0.2) is 0 Å². The number of nitrogens with zero attached hydrogens (tertiary/aromatic N) is 1. The molecule has 4 heteroatoms. The van der Waals surface area contributed by atoms with Gasteiger partial charge in [-0.3, -0.25) is 4.98 Å². The monoisotopic (exact) mass is 332 g/mol. The summed E-state index contributed by atoms with van der Waals surface area (Å²) in [6, 6.07) is 3.77. The Balaban J connectivity index is 2.98. The summed E-state index contributed by atoms with van der Waals surface area (Å²) in [5.74, 6) is 0. The molecule has 1 heterocycles. The van der Waals surface area contributed by atoms with Gasteiger partial charge in [0.1, 0.15) is 0 Å². The van der Waals surface area contributed by atoms with Crippen LogP contribution in [-0.2, 0) is 0 Å². The van der Waals surface area contributed by atoms with Gasteiger partial charge in [0.2, 0.25) is 0 Å². The number of rotatable bonds is 0. The van der Waals surface area contributed by atoms with E-state index in [9.17, 15) is 0 Å². The van der Waals surface area contributed by atoms with E-state index in [1.807, 2.05) is 26.0 Å². The molecule has 0 bridgehead atoms. The van der Waals surface area contributed by atoms with Crippen molar-refractivity contribution in [2.75, 3.05) is 5.73 Å². The second-order valence-corrected chi connectivity index (χ2v) is 5.06. The average Bonchev–Trinajstić information content (AvgIpc) is 2.17. The predicted molar refractivity (Wildman–Crippen MR) is 73.4 cm³/mol. The van der Waals surface area contributed by atoms with Crippen molar-refractivity contribution in [3.63, 3.8) is 0 Å². The Kier molecular flexibility index (Phi) is 2.77. The molecule has 0 saturated carbocycles. The maximum absolute atomic E-state index is 6.05. The van der Waals surface area contributed by atoms with Crippen LogP contribution >= 0.6 is 34.2 Å². The summed E-state index contributed by atoms with van der Waals surface area (Å²) in [4.78, 5) is 4.53. The first kappa shape index (κ1) is 11.0. The number of pyridine rings is 1. The third-order valence-corrected chi connectivity index (χ3v) is 3.97. The summed E-state index contributed by atoms with van der Waals surface area (Å²) < 4.78 is 1.00. The van der Waals surface area contributed by atoms with Crippen molar-refractivity contribution in [3.05, 3.63) is 32.0 Å². The first-order valence-electron chi connectivity index (χ1n) is 4.52. The Morgan fingerprint density at radius 3 is 2.67 bits per heavy atom. The Morgan fingerprint density at radius 1 is 1.33 bits per heavy atom. The maximum atomic E-state index is 6.05. The fraction of sp³-hybridized carbons (Fsp3) is 0.182. The molecule has 15 heavy (non-hydrogen) atoms. The fourth-order valence-corrected chi connectivity index (χ4v) is 2.30. The van der Waals surface area contributed by atoms with Crippen LogP contribution < -0.4 is 5.73 Å². The van der Waals surface area contributed by atoms with E-state index in [0.29, 0.717) is 5.02 Å². The first-order valence-corrected chi connectivity index (χ1v) is 5.98. The van der Waals surface area contributed by atoms with Crippen LogP contribution in [0.3, 0.4) is 0 Å². The van der Waals surface area contributed by atoms with Crippen molar-refractivity contribution in [1.82, 2.24) is 4.98 Å². The van der Waals surface area contributed by atoms with Crippen LogP contribution in [-0.4, -0.2) is 4.98 Å². The summed E-state index contributed by atoms with van der Waals surface area (Å²) in [5.41, 5.74) is 9.78. The van der Waals surface area contributed by atoms with Crippen LogP contribution in [0.4, 0.5) is 5.69 Å². The molecule has 2 rings (SSSR count). The molecule has 78 valence electrons. The van der Waals surface area contributed by atoms with E-state index < -0.39 is 0 Å². The molecular formula is C11H10ClIN2. The summed E-state index contributed by atoms with van der Waals surface area (Å²) in [7, 11) is 0. The minimum Gasteiger partial charge on any atom is -0.397 e. The molecular weight excluding hydrogens is 322 g/mol. The van der Waals surface area contributed by atoms with Crippen LogP contribution in [0.5, 0.6) is 0 Å². The number of hydrogen-bond donors (Lipinski definition) is 1. The molecule has 0 atom stereocenters. The molecule has 1 aromatic heterocycles. The van der Waals surface area contributed by atoms with Gasteiger partial charge in [0.25, 0.3) is 0 Å². The zero-order valence-corrected chi connectivity index (χ0v) is 11.3. The van der Waals surface area contributed by atoms with Crippen molar-refractivity contribution < 1.29 is 0 Å². The predicted octanol–water partition coefficient (Wildman–Crippen LogP) is 3.69. The molecule has 0 radical (unpaired) electrons. The number of halogens is 2. The minimum atomic E-state index is 0.702. The Bertz CT molecular complexity index is 552. The van der Waals surface area contributed by atoms with Gasteiger partial charge in [-0.15, -0.1) is 0 Å². The zero-order chi connectivity index (χ0) is 11.2. The van der Waals surface area contributed by atoms with E-state index in [0.717, 1.165) is 31.4 Å². The lowest BCUT2D eigenvalue weighted by Crippen LogP contribution is -1.98. The lowest BCUT2D eigenvalue weighted by molar-refractivity contribution is 1.22. The van der Waals surface area contributed by atoms with Gasteiger partial charge >= 0.3 is 0 Å². The lowest BCUT2D eigenvalue weighted by atomic mass is 10.1. The van der Waals surface area contributed by atoms with Gasteiger partial charge in [-0.1, -0.05) is 11.6 Å². The summed E-state index contributed by atoms with van der Waals surface area (Å²) in [5, 5.41) is 1.64. The van der Waals surface area contributed by atoms with Gasteiger partial charge in [0, 0.05) is 10.4 Å². The normalized spacial score (nSPS) is 10.9. The van der Waals surface area contributed by atoms with E-state index in [2.05, 4.69) is 27.6 Å². The SMILES string of the molecule is Cc1nc2c(C)cc(Cl)cc2c(N)c1I. The molecule has 2 N–H and O–H groups in total. The second-order valence-electron chi connectivity index (χ2n) is 3.54. The summed E-state index contributed by atoms with van der Waals surface area (Å²) in [6.45, 7) is 3.96. The molecule has 0 unspecified atom stereocenters. The van der Waals surface area contributed by atoms with Crippen LogP contribution in [0.15, 0.2) is 12.1 Å². The van der Waals surface area contributed by atoms with Crippen molar-refractivity contribution in [2.24, 2.45) is 0 Å². The first-order chi connectivity index (χ1) is 7.00. The van der Waals surface area contributed by atoms with Gasteiger partial charge in [-0.2, -0.15) is 0 Å². The molecule has 0 aliphatic carbocycles. The van der Waals surface area contributed by atoms with Crippen LogP contribution in [0, 0.1) is 17.4 Å². The van der Waals surface area contributed by atoms with E-state index >= 15 is 0 Å². The molecule has 0 aliphatic rings. The van der Waals surface area contributed by atoms with Gasteiger partial charge in [0.05, 0.1) is 20.5 Å². The Labute approximate surface area is 107 Å². The maximum Gasteiger partial charge on any atom is 0.0756 e. The Hall–Kier alpha value is -0.550. The highest BCUT2D eigenvalue weighted by Gasteiger charge is 2.10. The number of aromatic nitrogens is 1. The molecule has 0 spiro atoms. The quantitative estimate of drug-likeness (QED) is 0.747. The number of benzene rings is 1. The highest BCUT2D eigenvalue weighted by molar-refractivity contribution is 14.1. The van der Waals surface area contributed by atoms with Crippen molar-refractivity contribution in [1.29, 1.82) is 0 Å². The van der Waals surface area contributed by atoms with E-state index in [4.69, 9.17) is 17.3 Å². The molecule has 0 saturated heterocycles. The molecule has 1 aromatic carbocycles. The molecule has 0 amide bonds. The number of hydrogen-bond acceptors (Lipinski definition) is 2. The fourth-order valence-electron chi connectivity index (χ4n) is 1.62. The number of nitrogen functional groups attached to an aromatic ring is 1. The third kappa shape index (κ3) is 1.78. The largest absolute Gasteiger partial charge is 0.397 e.